The quantitative estimate of drug-likeness (QED) is 0.774. The van der Waals surface area contributed by atoms with E-state index in [1.54, 1.807) is 0 Å². The average molecular weight is 227 g/mol. The van der Waals surface area contributed by atoms with Gasteiger partial charge in [-0.05, 0) is 12.8 Å². The van der Waals surface area contributed by atoms with Gasteiger partial charge in [-0.1, -0.05) is 13.3 Å². The van der Waals surface area contributed by atoms with E-state index in [9.17, 15) is 17.2 Å². The molecule has 1 saturated carbocycles. The molecule has 1 aliphatic carbocycles. The van der Waals surface area contributed by atoms with Gasteiger partial charge < -0.3 is 0 Å². The number of rotatable bonds is 2. The fourth-order valence-corrected chi connectivity index (χ4v) is 2.54. The van der Waals surface area contributed by atoms with Gasteiger partial charge in [-0.25, -0.2) is 21.9 Å². The summed E-state index contributed by atoms with van der Waals surface area (Å²) in [5.41, 5.74) is 0. The van der Waals surface area contributed by atoms with Crippen LogP contribution in [-0.2, 0) is 10.0 Å². The van der Waals surface area contributed by atoms with Crippen molar-refractivity contribution in [3.63, 3.8) is 0 Å². The molecule has 1 fully saturated rings. The number of nitrogens with one attached hydrogen (secondary N) is 1. The van der Waals surface area contributed by atoms with Crippen LogP contribution in [0.4, 0.5) is 8.78 Å². The molecule has 0 aromatic carbocycles. The van der Waals surface area contributed by atoms with Crippen molar-refractivity contribution in [2.45, 2.75) is 38.2 Å². The maximum atomic E-state index is 13.5. The number of sulfonamides is 1. The predicted octanol–water partition coefficient (Wildman–Crippen LogP) is 1.36. The van der Waals surface area contributed by atoms with E-state index in [0.717, 1.165) is 6.26 Å². The number of alkyl halides is 2. The minimum atomic E-state index is -3.55. The Morgan fingerprint density at radius 3 is 2.43 bits per heavy atom. The normalized spacial score (nSPS) is 32.9. The van der Waals surface area contributed by atoms with E-state index in [1.807, 2.05) is 4.72 Å². The molecule has 0 aromatic rings. The lowest BCUT2D eigenvalue weighted by Crippen LogP contribution is -2.52. The van der Waals surface area contributed by atoms with Crippen LogP contribution in [-0.4, -0.2) is 26.6 Å². The van der Waals surface area contributed by atoms with E-state index >= 15 is 0 Å². The molecule has 1 aliphatic rings. The third kappa shape index (κ3) is 2.63. The second kappa shape index (κ2) is 3.73. The van der Waals surface area contributed by atoms with Crippen LogP contribution in [0.1, 0.15) is 26.2 Å². The van der Waals surface area contributed by atoms with Crippen LogP contribution in [0.3, 0.4) is 0 Å². The molecular weight excluding hydrogens is 212 g/mol. The van der Waals surface area contributed by atoms with Crippen LogP contribution < -0.4 is 4.72 Å². The highest BCUT2D eigenvalue weighted by Gasteiger charge is 2.47. The van der Waals surface area contributed by atoms with Crippen LogP contribution in [0.25, 0.3) is 0 Å². The Kier molecular flexibility index (Phi) is 3.16. The number of hydrogen-bond donors (Lipinski definition) is 1. The smallest absolute Gasteiger partial charge is 0.213 e. The molecule has 0 aliphatic heterocycles. The second-order valence-electron chi connectivity index (χ2n) is 3.95. The zero-order valence-corrected chi connectivity index (χ0v) is 9.07. The van der Waals surface area contributed by atoms with Crippen molar-refractivity contribution in [3.8, 4) is 0 Å². The zero-order valence-electron chi connectivity index (χ0n) is 8.26. The van der Waals surface area contributed by atoms with Gasteiger partial charge in [0, 0.05) is 5.92 Å². The molecule has 3 nitrogen and oxygen atoms in total. The molecule has 1 N–H and O–H groups in total. The summed E-state index contributed by atoms with van der Waals surface area (Å²) in [6.07, 6.45) is 2.21. The lowest BCUT2D eigenvalue weighted by atomic mass is 9.84. The molecule has 0 spiro atoms. The van der Waals surface area contributed by atoms with Gasteiger partial charge >= 0.3 is 0 Å². The van der Waals surface area contributed by atoms with Gasteiger partial charge in [-0.2, -0.15) is 0 Å². The van der Waals surface area contributed by atoms with Crippen molar-refractivity contribution in [2.24, 2.45) is 5.92 Å². The summed E-state index contributed by atoms with van der Waals surface area (Å²) in [5.74, 6) is -3.68. The zero-order chi connectivity index (χ0) is 11.0. The van der Waals surface area contributed by atoms with Gasteiger partial charge in [0.2, 0.25) is 10.0 Å². The summed E-state index contributed by atoms with van der Waals surface area (Å²) >= 11 is 0. The van der Waals surface area contributed by atoms with Gasteiger partial charge in [0.05, 0.1) is 12.3 Å². The summed E-state index contributed by atoms with van der Waals surface area (Å²) < 4.78 is 50.6. The molecule has 84 valence electrons. The fourth-order valence-electron chi connectivity index (χ4n) is 1.75. The monoisotopic (exact) mass is 227 g/mol. The molecule has 0 heterocycles. The van der Waals surface area contributed by atoms with Gasteiger partial charge in [0.15, 0.2) is 0 Å². The van der Waals surface area contributed by atoms with Crippen molar-refractivity contribution in [1.82, 2.24) is 4.72 Å². The average Bonchev–Trinajstić information content (AvgIpc) is 1.97. The Hall–Kier alpha value is -0.230. The first-order chi connectivity index (χ1) is 6.23. The molecule has 6 heteroatoms. The van der Waals surface area contributed by atoms with Gasteiger partial charge in [0.1, 0.15) is 0 Å². The maximum Gasteiger partial charge on any atom is 0.266 e. The van der Waals surface area contributed by atoms with E-state index in [2.05, 4.69) is 0 Å². The van der Waals surface area contributed by atoms with Gasteiger partial charge in [-0.15, -0.1) is 0 Å². The summed E-state index contributed by atoms with van der Waals surface area (Å²) in [4.78, 5) is 0. The summed E-state index contributed by atoms with van der Waals surface area (Å²) in [6, 6.07) is -1.23. The highest BCUT2D eigenvalue weighted by molar-refractivity contribution is 7.88. The molecule has 14 heavy (non-hydrogen) atoms. The van der Waals surface area contributed by atoms with Crippen molar-refractivity contribution >= 4 is 10.0 Å². The minimum absolute atomic E-state index is 0.213. The Morgan fingerprint density at radius 2 is 1.93 bits per heavy atom. The van der Waals surface area contributed by atoms with Gasteiger partial charge in [-0.3, -0.25) is 0 Å². The third-order valence-electron chi connectivity index (χ3n) is 2.61. The van der Waals surface area contributed by atoms with E-state index in [-0.39, 0.29) is 6.42 Å². The van der Waals surface area contributed by atoms with Gasteiger partial charge in [0.25, 0.3) is 5.92 Å². The maximum absolute atomic E-state index is 13.5. The molecule has 0 amide bonds. The summed E-state index contributed by atoms with van der Waals surface area (Å²) in [7, 11) is -3.55. The Bertz CT molecular complexity index is 302. The van der Waals surface area contributed by atoms with E-state index < -0.39 is 27.9 Å². The first-order valence-corrected chi connectivity index (χ1v) is 6.47. The summed E-state index contributed by atoms with van der Waals surface area (Å²) in [6.45, 7) is 1.45. The minimum Gasteiger partial charge on any atom is -0.213 e. The molecule has 0 saturated heterocycles. The Morgan fingerprint density at radius 1 is 1.36 bits per heavy atom. The largest absolute Gasteiger partial charge is 0.266 e. The van der Waals surface area contributed by atoms with Crippen LogP contribution in [0.2, 0.25) is 0 Å². The van der Waals surface area contributed by atoms with Crippen molar-refractivity contribution in [1.29, 1.82) is 0 Å². The molecular formula is C8H15F2NO2S. The topological polar surface area (TPSA) is 46.2 Å². The molecule has 0 bridgehead atoms. The number of halogens is 2. The van der Waals surface area contributed by atoms with Crippen LogP contribution in [0.5, 0.6) is 0 Å². The summed E-state index contributed by atoms with van der Waals surface area (Å²) in [5, 5.41) is 0. The molecule has 0 radical (unpaired) electrons. The van der Waals surface area contributed by atoms with Crippen LogP contribution >= 0.6 is 0 Å². The second-order valence-corrected chi connectivity index (χ2v) is 5.73. The van der Waals surface area contributed by atoms with Crippen LogP contribution in [0, 0.1) is 5.92 Å². The molecule has 0 aromatic heterocycles. The highest BCUT2D eigenvalue weighted by Crippen LogP contribution is 2.38. The van der Waals surface area contributed by atoms with Crippen molar-refractivity contribution in [3.05, 3.63) is 0 Å². The van der Waals surface area contributed by atoms with Crippen molar-refractivity contribution < 1.29 is 17.2 Å². The SMILES string of the molecule is C[C@H]1CCCC(NS(C)(=O)=O)C1(F)F. The molecule has 2 atom stereocenters. The lowest BCUT2D eigenvalue weighted by molar-refractivity contribution is -0.0986. The molecule has 1 rings (SSSR count). The number of hydrogen-bond acceptors (Lipinski definition) is 2. The predicted molar refractivity (Wildman–Crippen MR) is 49.7 cm³/mol. The van der Waals surface area contributed by atoms with Crippen molar-refractivity contribution in [2.75, 3.05) is 6.26 Å². The Balaban J connectivity index is 2.77. The van der Waals surface area contributed by atoms with E-state index in [4.69, 9.17) is 0 Å². The fraction of sp³-hybridized carbons (Fsp3) is 1.00. The lowest BCUT2D eigenvalue weighted by Gasteiger charge is -2.36. The molecule has 1 unspecified atom stereocenters. The Labute approximate surface area is 82.9 Å². The first-order valence-electron chi connectivity index (χ1n) is 4.58. The van der Waals surface area contributed by atoms with E-state index in [0.29, 0.717) is 12.8 Å². The highest BCUT2D eigenvalue weighted by atomic mass is 32.2. The first kappa shape index (κ1) is 11.8. The van der Waals surface area contributed by atoms with E-state index in [1.165, 1.54) is 6.92 Å². The van der Waals surface area contributed by atoms with Crippen LogP contribution in [0.15, 0.2) is 0 Å². The third-order valence-corrected chi connectivity index (χ3v) is 3.32. The standard InChI is InChI=1S/C8H15F2NO2S/c1-6-4-3-5-7(8(6,9)10)11-14(2,12)13/h6-7,11H,3-5H2,1-2H3/t6-,7?/m0/s1.